The maximum absolute atomic E-state index is 12.5. The van der Waals surface area contributed by atoms with Crippen LogP contribution in [0.4, 0.5) is 13.2 Å². The fraction of sp³-hybridized carbons (Fsp3) is 0.312. The van der Waals surface area contributed by atoms with Gasteiger partial charge >= 0.3 is 6.18 Å². The molecular weight excluding hydrogens is 277 g/mol. The summed E-state index contributed by atoms with van der Waals surface area (Å²) in [4.78, 5) is 4.25. The van der Waals surface area contributed by atoms with Crippen LogP contribution in [-0.2, 0) is 12.6 Å². The molecule has 5 heteroatoms. The Morgan fingerprint density at radius 3 is 2.24 bits per heavy atom. The second kappa shape index (κ2) is 6.26. The summed E-state index contributed by atoms with van der Waals surface area (Å²) in [6, 6.07) is 9.21. The quantitative estimate of drug-likeness (QED) is 0.924. The molecule has 0 amide bonds. The highest BCUT2D eigenvalue weighted by atomic mass is 19.4. The third-order valence-corrected chi connectivity index (χ3v) is 3.41. The number of nitrogens with one attached hydrogen (secondary N) is 1. The molecule has 2 aromatic rings. The van der Waals surface area contributed by atoms with Gasteiger partial charge in [0, 0.05) is 17.9 Å². The van der Waals surface area contributed by atoms with Crippen molar-refractivity contribution >= 4 is 0 Å². The van der Waals surface area contributed by atoms with Crippen molar-refractivity contribution in [3.05, 3.63) is 65.0 Å². The Bertz CT molecular complexity index is 574. The lowest BCUT2D eigenvalue weighted by molar-refractivity contribution is -0.137. The van der Waals surface area contributed by atoms with Gasteiger partial charge in [-0.3, -0.25) is 4.98 Å². The summed E-state index contributed by atoms with van der Waals surface area (Å²) in [6.07, 6.45) is -1.89. The Morgan fingerprint density at radius 2 is 1.76 bits per heavy atom. The number of hydrogen-bond acceptors (Lipinski definition) is 2. The van der Waals surface area contributed by atoms with Crippen molar-refractivity contribution in [1.29, 1.82) is 0 Å². The van der Waals surface area contributed by atoms with Crippen LogP contribution in [-0.4, -0.2) is 12.0 Å². The molecule has 2 rings (SSSR count). The van der Waals surface area contributed by atoms with Crippen LogP contribution in [0.2, 0.25) is 0 Å². The monoisotopic (exact) mass is 294 g/mol. The van der Waals surface area contributed by atoms with Crippen LogP contribution in [0.1, 0.15) is 28.4 Å². The third kappa shape index (κ3) is 4.04. The lowest BCUT2D eigenvalue weighted by Crippen LogP contribution is -2.19. The zero-order chi connectivity index (χ0) is 15.5. The minimum absolute atomic E-state index is 0.0230. The van der Waals surface area contributed by atoms with Crippen molar-refractivity contribution in [1.82, 2.24) is 10.3 Å². The summed E-state index contributed by atoms with van der Waals surface area (Å²) in [6.45, 7) is 1.91. The van der Waals surface area contributed by atoms with Crippen molar-refractivity contribution in [2.45, 2.75) is 25.6 Å². The highest BCUT2D eigenvalue weighted by Gasteiger charge is 2.29. The van der Waals surface area contributed by atoms with Crippen molar-refractivity contribution in [2.24, 2.45) is 0 Å². The Kier molecular flexibility index (Phi) is 4.63. The van der Waals surface area contributed by atoms with E-state index in [-0.39, 0.29) is 6.04 Å². The third-order valence-electron chi connectivity index (χ3n) is 3.41. The number of alkyl halides is 3. The predicted octanol–water partition coefficient (Wildman–Crippen LogP) is 3.91. The Labute approximate surface area is 122 Å². The largest absolute Gasteiger partial charge is 0.416 e. The zero-order valence-corrected chi connectivity index (χ0v) is 11.9. The van der Waals surface area contributed by atoms with E-state index in [0.29, 0.717) is 6.42 Å². The van der Waals surface area contributed by atoms with E-state index in [4.69, 9.17) is 0 Å². The van der Waals surface area contributed by atoms with Gasteiger partial charge in [-0.1, -0.05) is 18.2 Å². The summed E-state index contributed by atoms with van der Waals surface area (Å²) in [7, 11) is 1.83. The van der Waals surface area contributed by atoms with Crippen LogP contribution in [0, 0.1) is 6.92 Å². The summed E-state index contributed by atoms with van der Waals surface area (Å²) < 4.78 is 37.6. The summed E-state index contributed by atoms with van der Waals surface area (Å²) in [5.74, 6) is 0. The number of rotatable bonds is 4. The molecule has 21 heavy (non-hydrogen) atoms. The van der Waals surface area contributed by atoms with Gasteiger partial charge in [-0.25, -0.2) is 0 Å². The highest BCUT2D eigenvalue weighted by molar-refractivity contribution is 5.27. The first-order chi connectivity index (χ1) is 9.90. The van der Waals surface area contributed by atoms with E-state index in [9.17, 15) is 13.2 Å². The molecule has 0 aliphatic carbocycles. The number of aromatic nitrogens is 1. The van der Waals surface area contributed by atoms with E-state index in [0.717, 1.165) is 29.0 Å². The van der Waals surface area contributed by atoms with E-state index in [1.165, 1.54) is 12.1 Å². The molecule has 1 N–H and O–H groups in total. The minimum Gasteiger partial charge on any atom is -0.313 e. The van der Waals surface area contributed by atoms with Crippen molar-refractivity contribution in [2.75, 3.05) is 7.05 Å². The molecular formula is C16H17F3N2. The van der Waals surface area contributed by atoms with Crippen LogP contribution in [0.5, 0.6) is 0 Å². The number of benzene rings is 1. The standard InChI is InChI=1S/C16H17F3N2/c1-11-3-6-13(10-21-11)15(20-2)9-12-4-7-14(8-5-12)16(17,18)19/h3-8,10,15,20H,9H2,1-2H3. The fourth-order valence-corrected chi connectivity index (χ4v) is 2.14. The van der Waals surface area contributed by atoms with Gasteiger partial charge in [0.1, 0.15) is 0 Å². The molecule has 0 spiro atoms. The topological polar surface area (TPSA) is 24.9 Å². The molecule has 0 fully saturated rings. The van der Waals surface area contributed by atoms with Gasteiger partial charge in [0.15, 0.2) is 0 Å². The Morgan fingerprint density at radius 1 is 1.10 bits per heavy atom. The Balaban J connectivity index is 2.13. The first kappa shape index (κ1) is 15.5. The summed E-state index contributed by atoms with van der Waals surface area (Å²) >= 11 is 0. The maximum Gasteiger partial charge on any atom is 0.416 e. The molecule has 0 saturated carbocycles. The molecule has 112 valence electrons. The Hall–Kier alpha value is -1.88. The van der Waals surface area contributed by atoms with Gasteiger partial charge in [-0.05, 0) is 49.7 Å². The lowest BCUT2D eigenvalue weighted by atomic mass is 9.99. The van der Waals surface area contributed by atoms with E-state index in [2.05, 4.69) is 10.3 Å². The van der Waals surface area contributed by atoms with Gasteiger partial charge in [-0.15, -0.1) is 0 Å². The van der Waals surface area contributed by atoms with Gasteiger partial charge in [0.05, 0.1) is 5.56 Å². The SMILES string of the molecule is CNC(Cc1ccc(C(F)(F)F)cc1)c1ccc(C)nc1. The van der Waals surface area contributed by atoms with Crippen molar-refractivity contribution in [3.63, 3.8) is 0 Å². The van der Waals surface area contributed by atoms with Crippen LogP contribution >= 0.6 is 0 Å². The molecule has 1 atom stereocenters. The number of nitrogens with zero attached hydrogens (tertiary/aromatic N) is 1. The molecule has 0 aliphatic heterocycles. The summed E-state index contributed by atoms with van der Waals surface area (Å²) in [5, 5.41) is 3.17. The molecule has 0 radical (unpaired) electrons. The predicted molar refractivity (Wildman–Crippen MR) is 75.9 cm³/mol. The zero-order valence-electron chi connectivity index (χ0n) is 11.9. The molecule has 2 nitrogen and oxygen atoms in total. The molecule has 1 unspecified atom stereocenters. The second-order valence-electron chi connectivity index (χ2n) is 4.97. The highest BCUT2D eigenvalue weighted by Crippen LogP contribution is 2.29. The van der Waals surface area contributed by atoms with Gasteiger partial charge in [-0.2, -0.15) is 13.2 Å². The van der Waals surface area contributed by atoms with Crippen molar-refractivity contribution < 1.29 is 13.2 Å². The molecule has 1 aromatic carbocycles. The first-order valence-electron chi connectivity index (χ1n) is 6.66. The van der Waals surface area contributed by atoms with E-state index < -0.39 is 11.7 Å². The normalized spacial score (nSPS) is 13.2. The minimum atomic E-state index is -4.29. The molecule has 0 aliphatic rings. The molecule has 1 aromatic heterocycles. The average Bonchev–Trinajstić information content (AvgIpc) is 2.45. The van der Waals surface area contributed by atoms with E-state index >= 15 is 0 Å². The van der Waals surface area contributed by atoms with Crippen LogP contribution in [0.25, 0.3) is 0 Å². The lowest BCUT2D eigenvalue weighted by Gasteiger charge is -2.17. The molecule has 0 bridgehead atoms. The van der Waals surface area contributed by atoms with Gasteiger partial charge in [0.2, 0.25) is 0 Å². The number of pyridine rings is 1. The van der Waals surface area contributed by atoms with E-state index in [1.807, 2.05) is 26.1 Å². The van der Waals surface area contributed by atoms with Crippen LogP contribution in [0.15, 0.2) is 42.6 Å². The number of hydrogen-bond donors (Lipinski definition) is 1. The smallest absolute Gasteiger partial charge is 0.313 e. The van der Waals surface area contributed by atoms with E-state index in [1.54, 1.807) is 6.20 Å². The maximum atomic E-state index is 12.5. The van der Waals surface area contributed by atoms with Gasteiger partial charge < -0.3 is 5.32 Å². The van der Waals surface area contributed by atoms with Crippen LogP contribution in [0.3, 0.4) is 0 Å². The summed E-state index contributed by atoms with van der Waals surface area (Å²) in [5.41, 5.74) is 2.18. The average molecular weight is 294 g/mol. The van der Waals surface area contributed by atoms with Gasteiger partial charge in [0.25, 0.3) is 0 Å². The second-order valence-corrected chi connectivity index (χ2v) is 4.97. The molecule has 0 saturated heterocycles. The first-order valence-corrected chi connectivity index (χ1v) is 6.66. The number of aryl methyl sites for hydroxylation is 1. The number of halogens is 3. The van der Waals surface area contributed by atoms with Crippen molar-refractivity contribution in [3.8, 4) is 0 Å². The van der Waals surface area contributed by atoms with Crippen LogP contribution < -0.4 is 5.32 Å². The fourth-order valence-electron chi connectivity index (χ4n) is 2.14. The number of likely N-dealkylation sites (N-methyl/N-ethyl adjacent to an activating group) is 1. The molecule has 1 heterocycles.